The first-order valence-corrected chi connectivity index (χ1v) is 8.33. The van der Waals surface area contributed by atoms with E-state index in [1.165, 1.54) is 0 Å². The van der Waals surface area contributed by atoms with Crippen LogP contribution in [0.5, 0.6) is 0 Å². The van der Waals surface area contributed by atoms with Gasteiger partial charge in [0.25, 0.3) is 5.91 Å². The van der Waals surface area contributed by atoms with Crippen LogP contribution in [0.2, 0.25) is 0 Å². The van der Waals surface area contributed by atoms with Gasteiger partial charge in [0.15, 0.2) is 0 Å². The summed E-state index contributed by atoms with van der Waals surface area (Å²) in [6.45, 7) is 3.24. The lowest BCUT2D eigenvalue weighted by molar-refractivity contribution is -0.0551. The molecule has 2 atom stereocenters. The fourth-order valence-corrected chi connectivity index (χ4v) is 3.16. The summed E-state index contributed by atoms with van der Waals surface area (Å²) in [7, 11) is 3.98. The van der Waals surface area contributed by atoms with Crippen LogP contribution in [-0.4, -0.2) is 44.1 Å². The summed E-state index contributed by atoms with van der Waals surface area (Å²) in [5.74, 6) is 0.0667. The van der Waals surface area contributed by atoms with Gasteiger partial charge in [0.2, 0.25) is 0 Å². The summed E-state index contributed by atoms with van der Waals surface area (Å²) in [6.07, 6.45) is -0.0788. The molecule has 1 aliphatic heterocycles. The Bertz CT molecular complexity index is 683. The Morgan fingerprint density at radius 3 is 2.38 bits per heavy atom. The molecule has 126 valence electrons. The highest BCUT2D eigenvalue weighted by atomic mass is 16.5. The summed E-state index contributed by atoms with van der Waals surface area (Å²) < 4.78 is 5.94. The highest BCUT2D eigenvalue weighted by Crippen LogP contribution is 2.29. The van der Waals surface area contributed by atoms with Crippen molar-refractivity contribution in [2.75, 3.05) is 32.1 Å². The van der Waals surface area contributed by atoms with Gasteiger partial charge in [0.1, 0.15) is 6.10 Å². The zero-order valence-corrected chi connectivity index (χ0v) is 14.5. The molecule has 0 radical (unpaired) electrons. The number of rotatable bonds is 3. The van der Waals surface area contributed by atoms with Gasteiger partial charge in [-0.3, -0.25) is 4.79 Å². The minimum Gasteiger partial charge on any atom is -0.378 e. The molecule has 0 aromatic heterocycles. The van der Waals surface area contributed by atoms with Crippen LogP contribution in [0.1, 0.15) is 28.9 Å². The number of carbonyl (C=O) groups excluding carboxylic acids is 1. The van der Waals surface area contributed by atoms with Crippen molar-refractivity contribution in [2.45, 2.75) is 19.1 Å². The lowest BCUT2D eigenvalue weighted by Gasteiger charge is -2.39. The van der Waals surface area contributed by atoms with Crippen LogP contribution in [0.4, 0.5) is 5.69 Å². The second-order valence-corrected chi connectivity index (χ2v) is 6.38. The predicted octanol–water partition coefficient (Wildman–Crippen LogP) is 3.35. The topological polar surface area (TPSA) is 32.8 Å². The smallest absolute Gasteiger partial charge is 0.254 e. The molecule has 0 spiro atoms. The maximum Gasteiger partial charge on any atom is 0.254 e. The van der Waals surface area contributed by atoms with E-state index in [0.29, 0.717) is 13.2 Å². The van der Waals surface area contributed by atoms with Gasteiger partial charge in [-0.1, -0.05) is 30.3 Å². The zero-order valence-electron chi connectivity index (χ0n) is 14.5. The minimum atomic E-state index is -0.0788. The fraction of sp³-hybridized carbons (Fsp3) is 0.350. The molecular formula is C20H24N2O2. The van der Waals surface area contributed by atoms with Crippen molar-refractivity contribution < 1.29 is 9.53 Å². The van der Waals surface area contributed by atoms with Crippen LogP contribution >= 0.6 is 0 Å². The summed E-state index contributed by atoms with van der Waals surface area (Å²) >= 11 is 0. The Hall–Kier alpha value is -2.33. The van der Waals surface area contributed by atoms with Crippen LogP contribution in [0.25, 0.3) is 0 Å². The number of amides is 1. The van der Waals surface area contributed by atoms with Crippen LogP contribution in [0.15, 0.2) is 54.6 Å². The molecule has 0 bridgehead atoms. The highest BCUT2D eigenvalue weighted by molar-refractivity contribution is 5.94. The van der Waals surface area contributed by atoms with Gasteiger partial charge in [-0.2, -0.15) is 0 Å². The number of anilines is 1. The molecule has 0 N–H and O–H groups in total. The van der Waals surface area contributed by atoms with E-state index in [4.69, 9.17) is 4.74 Å². The number of hydrogen-bond donors (Lipinski definition) is 0. The van der Waals surface area contributed by atoms with Crippen LogP contribution in [-0.2, 0) is 4.74 Å². The molecule has 24 heavy (non-hydrogen) atoms. The van der Waals surface area contributed by atoms with Gasteiger partial charge in [-0.15, -0.1) is 0 Å². The molecule has 1 amide bonds. The molecular weight excluding hydrogens is 300 g/mol. The molecule has 2 aromatic carbocycles. The first kappa shape index (κ1) is 16.5. The molecule has 0 aliphatic carbocycles. The fourth-order valence-electron chi connectivity index (χ4n) is 3.16. The third-order valence-corrected chi connectivity index (χ3v) is 4.58. The quantitative estimate of drug-likeness (QED) is 0.868. The van der Waals surface area contributed by atoms with Crippen molar-refractivity contribution in [2.24, 2.45) is 0 Å². The molecule has 4 nitrogen and oxygen atoms in total. The molecule has 0 saturated carbocycles. The molecule has 1 heterocycles. The van der Waals surface area contributed by atoms with Gasteiger partial charge in [0.05, 0.1) is 12.6 Å². The van der Waals surface area contributed by atoms with Gasteiger partial charge < -0.3 is 14.5 Å². The van der Waals surface area contributed by atoms with Crippen molar-refractivity contribution in [3.63, 3.8) is 0 Å². The predicted molar refractivity (Wildman–Crippen MR) is 96.4 cm³/mol. The van der Waals surface area contributed by atoms with E-state index in [0.717, 1.165) is 16.8 Å². The first-order valence-electron chi connectivity index (χ1n) is 8.33. The van der Waals surface area contributed by atoms with Gasteiger partial charge in [0, 0.05) is 31.9 Å². The van der Waals surface area contributed by atoms with E-state index < -0.39 is 0 Å². The van der Waals surface area contributed by atoms with Gasteiger partial charge in [-0.05, 0) is 36.8 Å². The monoisotopic (exact) mass is 324 g/mol. The molecule has 3 rings (SSSR count). The van der Waals surface area contributed by atoms with E-state index >= 15 is 0 Å². The third-order valence-electron chi connectivity index (χ3n) is 4.58. The number of morpholine rings is 1. The van der Waals surface area contributed by atoms with Crippen LogP contribution in [0.3, 0.4) is 0 Å². The van der Waals surface area contributed by atoms with E-state index in [2.05, 4.69) is 19.1 Å². The minimum absolute atomic E-state index is 0.00201. The Morgan fingerprint density at radius 2 is 1.75 bits per heavy atom. The Labute approximate surface area is 143 Å². The number of carbonyl (C=O) groups is 1. The summed E-state index contributed by atoms with van der Waals surface area (Å²) in [5.41, 5.74) is 2.93. The maximum atomic E-state index is 12.9. The molecule has 1 saturated heterocycles. The standard InChI is InChI=1S/C20H24N2O2/c1-15-19(16-7-5-4-6-8-16)24-14-13-22(15)20(23)17-9-11-18(12-10-17)21(2)3/h4-12,15,19H,13-14H2,1-3H3. The number of nitrogens with zero attached hydrogens (tertiary/aromatic N) is 2. The van der Waals surface area contributed by atoms with E-state index in [1.807, 2.05) is 66.4 Å². The van der Waals surface area contributed by atoms with Crippen molar-refractivity contribution in [3.8, 4) is 0 Å². The van der Waals surface area contributed by atoms with Gasteiger partial charge in [-0.25, -0.2) is 0 Å². The molecule has 1 aliphatic rings. The number of hydrogen-bond acceptors (Lipinski definition) is 3. The van der Waals surface area contributed by atoms with Crippen molar-refractivity contribution in [3.05, 3.63) is 65.7 Å². The van der Waals surface area contributed by atoms with Crippen LogP contribution < -0.4 is 4.90 Å². The van der Waals surface area contributed by atoms with Crippen molar-refractivity contribution in [1.29, 1.82) is 0 Å². The summed E-state index contributed by atoms with van der Waals surface area (Å²) in [4.78, 5) is 16.9. The number of benzene rings is 2. The van der Waals surface area contributed by atoms with Crippen molar-refractivity contribution in [1.82, 2.24) is 4.90 Å². The maximum absolute atomic E-state index is 12.9. The second-order valence-electron chi connectivity index (χ2n) is 6.38. The van der Waals surface area contributed by atoms with E-state index in [1.54, 1.807) is 0 Å². The average molecular weight is 324 g/mol. The van der Waals surface area contributed by atoms with Crippen molar-refractivity contribution >= 4 is 11.6 Å². The normalized spacial score (nSPS) is 20.7. The lowest BCUT2D eigenvalue weighted by Crippen LogP contribution is -2.48. The van der Waals surface area contributed by atoms with E-state index in [9.17, 15) is 4.79 Å². The lowest BCUT2D eigenvalue weighted by atomic mass is 9.99. The molecule has 4 heteroatoms. The summed E-state index contributed by atoms with van der Waals surface area (Å²) in [5, 5.41) is 0. The molecule has 1 fully saturated rings. The summed E-state index contributed by atoms with van der Waals surface area (Å²) in [6, 6.07) is 17.9. The number of ether oxygens (including phenoxy) is 1. The SMILES string of the molecule is CC1C(c2ccccc2)OCCN1C(=O)c1ccc(N(C)C)cc1. The van der Waals surface area contributed by atoms with Crippen LogP contribution in [0, 0.1) is 0 Å². The second kappa shape index (κ2) is 7.05. The largest absolute Gasteiger partial charge is 0.378 e. The third kappa shape index (κ3) is 3.29. The van der Waals surface area contributed by atoms with E-state index in [-0.39, 0.29) is 18.1 Å². The average Bonchev–Trinajstić information content (AvgIpc) is 2.62. The highest BCUT2D eigenvalue weighted by Gasteiger charge is 2.33. The Kier molecular flexibility index (Phi) is 4.86. The first-order chi connectivity index (χ1) is 11.6. The zero-order chi connectivity index (χ0) is 17.1. The molecule has 2 unspecified atom stereocenters. The Morgan fingerprint density at radius 1 is 1.08 bits per heavy atom. The molecule has 2 aromatic rings. The Balaban J connectivity index is 1.79. The van der Waals surface area contributed by atoms with Gasteiger partial charge >= 0.3 is 0 Å².